The number of anilines is 1. The molecule has 1 aliphatic rings. The fourth-order valence-electron chi connectivity index (χ4n) is 3.13. The molecule has 1 N–H and O–H groups in total. The van der Waals surface area contributed by atoms with E-state index in [4.69, 9.17) is 9.47 Å². The number of fused-ring (bicyclic) bond motifs is 1. The Balaban J connectivity index is 1.67. The van der Waals surface area contributed by atoms with Crippen molar-refractivity contribution in [3.63, 3.8) is 0 Å². The Bertz CT molecular complexity index is 836. The van der Waals surface area contributed by atoms with Gasteiger partial charge in [-0.3, -0.25) is 4.79 Å². The molecule has 1 aromatic heterocycles. The molecule has 0 unspecified atom stereocenters. The van der Waals surface area contributed by atoms with Gasteiger partial charge in [0, 0.05) is 11.3 Å². The summed E-state index contributed by atoms with van der Waals surface area (Å²) in [5.74, 6) is 1.38. The van der Waals surface area contributed by atoms with Crippen LogP contribution in [0.3, 0.4) is 0 Å². The number of aryl methyl sites for hydroxylation is 2. The number of nitrogens with zero attached hydrogens (tertiary/aromatic N) is 1. The number of amides is 1. The summed E-state index contributed by atoms with van der Waals surface area (Å²) in [6.07, 6.45) is 3.90. The number of carbonyl (C=O) groups is 1. The average Bonchev–Trinajstić information content (AvgIpc) is 3.20. The number of nitrogens with one attached hydrogen (secondary N) is 1. The zero-order valence-electron chi connectivity index (χ0n) is 14.3. The fourth-order valence-corrected chi connectivity index (χ4v) is 4.38. The predicted octanol–water partition coefficient (Wildman–Crippen LogP) is 3.70. The van der Waals surface area contributed by atoms with Gasteiger partial charge in [-0.1, -0.05) is 0 Å². The van der Waals surface area contributed by atoms with Crippen LogP contribution >= 0.6 is 11.3 Å². The lowest BCUT2D eigenvalue weighted by molar-refractivity contribution is -0.116. The molecule has 0 fully saturated rings. The van der Waals surface area contributed by atoms with E-state index in [1.54, 1.807) is 14.2 Å². The quantitative estimate of drug-likeness (QED) is 0.857. The van der Waals surface area contributed by atoms with Crippen molar-refractivity contribution in [2.24, 2.45) is 0 Å². The van der Waals surface area contributed by atoms with Gasteiger partial charge in [0.1, 0.15) is 22.6 Å². The molecule has 0 radical (unpaired) electrons. The molecule has 25 heavy (non-hydrogen) atoms. The molecule has 0 aliphatic heterocycles. The van der Waals surface area contributed by atoms with Crippen molar-refractivity contribution in [1.29, 1.82) is 5.26 Å². The maximum absolute atomic E-state index is 12.3. The van der Waals surface area contributed by atoms with Crippen molar-refractivity contribution in [2.45, 2.75) is 32.1 Å². The van der Waals surface area contributed by atoms with Crippen LogP contribution in [-0.4, -0.2) is 20.1 Å². The van der Waals surface area contributed by atoms with Crippen LogP contribution in [0.15, 0.2) is 18.2 Å². The number of benzene rings is 1. The molecule has 1 heterocycles. The molecule has 0 atom stereocenters. The Labute approximate surface area is 151 Å². The van der Waals surface area contributed by atoms with Crippen molar-refractivity contribution in [2.75, 3.05) is 19.5 Å². The van der Waals surface area contributed by atoms with Crippen molar-refractivity contribution in [3.8, 4) is 17.6 Å². The van der Waals surface area contributed by atoms with Gasteiger partial charge in [-0.2, -0.15) is 5.26 Å². The monoisotopic (exact) mass is 356 g/mol. The van der Waals surface area contributed by atoms with E-state index < -0.39 is 0 Å². The van der Waals surface area contributed by atoms with Gasteiger partial charge in [-0.15, -0.1) is 11.3 Å². The van der Waals surface area contributed by atoms with E-state index in [1.807, 2.05) is 18.2 Å². The fraction of sp³-hybridized carbons (Fsp3) is 0.368. The molecular weight excluding hydrogens is 336 g/mol. The smallest absolute Gasteiger partial charge is 0.225 e. The van der Waals surface area contributed by atoms with Crippen molar-refractivity contribution in [1.82, 2.24) is 0 Å². The van der Waals surface area contributed by atoms with Gasteiger partial charge < -0.3 is 14.8 Å². The van der Waals surface area contributed by atoms with Crippen LogP contribution < -0.4 is 14.8 Å². The summed E-state index contributed by atoms with van der Waals surface area (Å²) in [6.45, 7) is 0. The first-order valence-corrected chi connectivity index (χ1v) is 9.03. The molecule has 0 saturated carbocycles. The minimum atomic E-state index is -0.0960. The van der Waals surface area contributed by atoms with Gasteiger partial charge in [0.2, 0.25) is 5.91 Å². The van der Waals surface area contributed by atoms with E-state index >= 15 is 0 Å². The summed E-state index contributed by atoms with van der Waals surface area (Å²) in [4.78, 5) is 13.6. The number of hydrogen-bond donors (Lipinski definition) is 1. The normalized spacial score (nSPS) is 12.4. The van der Waals surface area contributed by atoms with Gasteiger partial charge in [-0.05, 0) is 55.0 Å². The summed E-state index contributed by atoms with van der Waals surface area (Å²) in [5, 5.41) is 13.0. The number of thiophene rings is 1. The number of ether oxygens (including phenoxy) is 2. The van der Waals surface area contributed by atoms with E-state index in [9.17, 15) is 10.1 Å². The van der Waals surface area contributed by atoms with Crippen LogP contribution in [0, 0.1) is 11.3 Å². The molecule has 0 saturated heterocycles. The molecule has 130 valence electrons. The van der Waals surface area contributed by atoms with Crippen molar-refractivity contribution in [3.05, 3.63) is 39.8 Å². The molecule has 0 spiro atoms. The van der Waals surface area contributed by atoms with Gasteiger partial charge in [-0.25, -0.2) is 0 Å². The Kier molecular flexibility index (Phi) is 5.25. The third kappa shape index (κ3) is 3.62. The average molecular weight is 356 g/mol. The molecule has 2 aromatic rings. The van der Waals surface area contributed by atoms with Crippen LogP contribution in [0.2, 0.25) is 0 Å². The standard InChI is InChI=1S/C19H20N2O3S/c1-23-13-7-8-16(24-2)12(10-13)6-9-18(22)21-19-15(11-20)14-4-3-5-17(14)25-19/h7-8,10H,3-6,9H2,1-2H3,(H,21,22). The molecule has 0 bridgehead atoms. The molecule has 5 nitrogen and oxygen atoms in total. The van der Waals surface area contributed by atoms with E-state index in [0.29, 0.717) is 23.4 Å². The van der Waals surface area contributed by atoms with Crippen LogP contribution in [0.1, 0.15) is 34.4 Å². The summed E-state index contributed by atoms with van der Waals surface area (Å²) >= 11 is 1.54. The highest BCUT2D eigenvalue weighted by molar-refractivity contribution is 7.16. The minimum Gasteiger partial charge on any atom is -0.497 e. The van der Waals surface area contributed by atoms with Gasteiger partial charge in [0.25, 0.3) is 0 Å². The van der Waals surface area contributed by atoms with Crippen molar-refractivity contribution < 1.29 is 14.3 Å². The maximum Gasteiger partial charge on any atom is 0.225 e. The highest BCUT2D eigenvalue weighted by atomic mass is 32.1. The molecule has 1 amide bonds. The second-order valence-corrected chi connectivity index (χ2v) is 7.00. The van der Waals surface area contributed by atoms with Crippen LogP contribution in [0.25, 0.3) is 0 Å². The Morgan fingerprint density at radius 1 is 1.32 bits per heavy atom. The predicted molar refractivity (Wildman–Crippen MR) is 97.6 cm³/mol. The zero-order valence-corrected chi connectivity index (χ0v) is 15.2. The number of carbonyl (C=O) groups excluding carboxylic acids is 1. The SMILES string of the molecule is COc1ccc(OC)c(CCC(=O)Nc2sc3c(c2C#N)CCC3)c1. The second kappa shape index (κ2) is 7.58. The molecule has 6 heteroatoms. The Morgan fingerprint density at radius 3 is 2.88 bits per heavy atom. The number of methoxy groups -OCH3 is 2. The lowest BCUT2D eigenvalue weighted by Crippen LogP contribution is -2.12. The number of hydrogen-bond acceptors (Lipinski definition) is 5. The first kappa shape index (κ1) is 17.3. The largest absolute Gasteiger partial charge is 0.497 e. The van der Waals surface area contributed by atoms with E-state index in [1.165, 1.54) is 16.2 Å². The highest BCUT2D eigenvalue weighted by Gasteiger charge is 2.23. The van der Waals surface area contributed by atoms with Gasteiger partial charge in [0.15, 0.2) is 0 Å². The van der Waals surface area contributed by atoms with Gasteiger partial charge in [0.05, 0.1) is 19.8 Å². The van der Waals surface area contributed by atoms with E-state index in [0.717, 1.165) is 41.9 Å². The topological polar surface area (TPSA) is 71.3 Å². The first-order valence-electron chi connectivity index (χ1n) is 8.21. The summed E-state index contributed by atoms with van der Waals surface area (Å²) in [6, 6.07) is 7.79. The summed E-state index contributed by atoms with van der Waals surface area (Å²) in [5.41, 5.74) is 2.69. The second-order valence-electron chi connectivity index (χ2n) is 5.90. The van der Waals surface area contributed by atoms with Crippen LogP contribution in [0.4, 0.5) is 5.00 Å². The highest BCUT2D eigenvalue weighted by Crippen LogP contribution is 2.38. The van der Waals surface area contributed by atoms with E-state index in [-0.39, 0.29) is 5.91 Å². The van der Waals surface area contributed by atoms with E-state index in [2.05, 4.69) is 11.4 Å². The first-order chi connectivity index (χ1) is 12.2. The zero-order chi connectivity index (χ0) is 17.8. The maximum atomic E-state index is 12.3. The molecule has 1 aliphatic carbocycles. The lowest BCUT2D eigenvalue weighted by atomic mass is 10.1. The summed E-state index contributed by atoms with van der Waals surface area (Å²) < 4.78 is 10.6. The van der Waals surface area contributed by atoms with Gasteiger partial charge >= 0.3 is 0 Å². The molecule has 1 aromatic carbocycles. The Hall–Kier alpha value is -2.52. The summed E-state index contributed by atoms with van der Waals surface area (Å²) in [7, 11) is 3.22. The third-order valence-electron chi connectivity index (χ3n) is 4.40. The van der Waals surface area contributed by atoms with Crippen LogP contribution in [0.5, 0.6) is 11.5 Å². The lowest BCUT2D eigenvalue weighted by Gasteiger charge is -2.10. The molecular formula is C19H20N2O3S. The minimum absolute atomic E-state index is 0.0960. The number of nitriles is 1. The Morgan fingerprint density at radius 2 is 2.16 bits per heavy atom. The van der Waals surface area contributed by atoms with Crippen LogP contribution in [-0.2, 0) is 24.1 Å². The number of rotatable bonds is 6. The van der Waals surface area contributed by atoms with Crippen molar-refractivity contribution >= 4 is 22.2 Å². The molecule has 3 rings (SSSR count). The third-order valence-corrected chi connectivity index (χ3v) is 5.60.